The van der Waals surface area contributed by atoms with Gasteiger partial charge in [0.25, 0.3) is 5.91 Å². The number of nitrogens with two attached hydrogens (primary N) is 1. The molecule has 0 saturated heterocycles. The van der Waals surface area contributed by atoms with Gasteiger partial charge in [-0.1, -0.05) is 11.6 Å². The van der Waals surface area contributed by atoms with Gasteiger partial charge >= 0.3 is 0 Å². The Kier molecular flexibility index (Phi) is 5.49. The second-order valence-electron chi connectivity index (χ2n) is 8.20. The van der Waals surface area contributed by atoms with E-state index in [1.165, 1.54) is 12.1 Å². The zero-order valence-electron chi connectivity index (χ0n) is 19.1. The van der Waals surface area contributed by atoms with Crippen molar-refractivity contribution in [2.45, 2.75) is 26.9 Å². The van der Waals surface area contributed by atoms with Crippen molar-refractivity contribution in [2.24, 2.45) is 5.73 Å². The summed E-state index contributed by atoms with van der Waals surface area (Å²) in [6.07, 6.45) is 6.21. The van der Waals surface area contributed by atoms with Crippen molar-refractivity contribution in [3.8, 4) is 17.1 Å². The van der Waals surface area contributed by atoms with E-state index in [0.29, 0.717) is 39.2 Å². The summed E-state index contributed by atoms with van der Waals surface area (Å²) < 4.78 is 14.2. The quantitative estimate of drug-likeness (QED) is 0.362. The summed E-state index contributed by atoms with van der Waals surface area (Å²) in [5.74, 6) is 0.340. The molecule has 0 aliphatic heterocycles. The molecule has 5 aromatic rings. The number of nitrogens with zero attached hydrogens (tertiary/aromatic N) is 4. The van der Waals surface area contributed by atoms with Gasteiger partial charge in [0.05, 0.1) is 10.9 Å². The van der Waals surface area contributed by atoms with E-state index in [-0.39, 0.29) is 22.0 Å². The Morgan fingerprint density at radius 3 is 2.80 bits per heavy atom. The molecule has 0 radical (unpaired) electrons. The van der Waals surface area contributed by atoms with E-state index in [2.05, 4.69) is 15.0 Å². The lowest BCUT2D eigenvalue weighted by atomic mass is 10.0. The highest BCUT2D eigenvalue weighted by Crippen LogP contribution is 2.33. The van der Waals surface area contributed by atoms with E-state index >= 15 is 0 Å². The second kappa shape index (κ2) is 8.52. The number of primary amides is 1. The van der Waals surface area contributed by atoms with E-state index in [9.17, 15) is 9.59 Å². The van der Waals surface area contributed by atoms with Gasteiger partial charge in [-0.2, -0.15) is 0 Å². The monoisotopic (exact) mass is 489 g/mol. The molecule has 1 amide bonds. The average molecular weight is 490 g/mol. The number of carbonyl (C=O) groups excluding carboxylic acids is 1. The number of imidazole rings is 1. The molecule has 0 unspecified atom stereocenters. The van der Waals surface area contributed by atoms with Gasteiger partial charge in [-0.3, -0.25) is 14.0 Å². The molecule has 4 heterocycles. The molecule has 5 rings (SSSR count). The second-order valence-corrected chi connectivity index (χ2v) is 8.59. The summed E-state index contributed by atoms with van der Waals surface area (Å²) in [4.78, 5) is 37.7. The van der Waals surface area contributed by atoms with Crippen LogP contribution in [0.4, 0.5) is 0 Å². The van der Waals surface area contributed by atoms with Crippen LogP contribution < -0.4 is 15.9 Å². The number of ether oxygens (including phenoxy) is 1. The van der Waals surface area contributed by atoms with Crippen LogP contribution in [0.15, 0.2) is 58.3 Å². The van der Waals surface area contributed by atoms with Crippen LogP contribution >= 0.6 is 11.6 Å². The van der Waals surface area contributed by atoms with Gasteiger partial charge < -0.3 is 14.9 Å². The van der Waals surface area contributed by atoms with Crippen molar-refractivity contribution < 1.29 is 13.9 Å². The van der Waals surface area contributed by atoms with Crippen molar-refractivity contribution in [1.82, 2.24) is 19.4 Å². The molecule has 0 bridgehead atoms. The van der Waals surface area contributed by atoms with Crippen molar-refractivity contribution >= 4 is 34.3 Å². The van der Waals surface area contributed by atoms with Crippen LogP contribution in [-0.2, 0) is 0 Å². The molecule has 1 aromatic carbocycles. The third-order valence-electron chi connectivity index (χ3n) is 5.70. The number of pyridine rings is 1. The van der Waals surface area contributed by atoms with Crippen LogP contribution in [0.2, 0.25) is 5.15 Å². The summed E-state index contributed by atoms with van der Waals surface area (Å²) in [6.45, 7) is 5.39. The molecule has 35 heavy (non-hydrogen) atoms. The zero-order valence-corrected chi connectivity index (χ0v) is 19.8. The number of halogens is 1. The molecule has 0 aliphatic carbocycles. The van der Waals surface area contributed by atoms with Gasteiger partial charge in [0.1, 0.15) is 22.6 Å². The van der Waals surface area contributed by atoms with E-state index < -0.39 is 12.0 Å². The first kappa shape index (κ1) is 22.5. The number of aromatic nitrogens is 4. The predicted molar refractivity (Wildman–Crippen MR) is 131 cm³/mol. The Morgan fingerprint density at radius 2 is 2.03 bits per heavy atom. The number of benzene rings is 1. The lowest BCUT2D eigenvalue weighted by Gasteiger charge is -2.19. The number of amides is 1. The Hall–Kier alpha value is -4.24. The van der Waals surface area contributed by atoms with E-state index in [0.717, 1.165) is 5.56 Å². The molecule has 1 atom stereocenters. The standard InChI is InChI=1S/C25H20ClN5O4/c1-12-8-16(14(3)34-18-4-5-19(26)30-20(18)24(27)33)23-17(9-12)21(32)13(2)22(35-23)15-10-29-25-28-6-7-31(25)11-15/h4-11,14H,1-3H3,(H2,27,33)/t14-/m1/s1. The highest BCUT2D eigenvalue weighted by atomic mass is 35.5. The highest BCUT2D eigenvalue weighted by molar-refractivity contribution is 6.29. The van der Waals surface area contributed by atoms with E-state index in [1.807, 2.05) is 13.0 Å². The summed E-state index contributed by atoms with van der Waals surface area (Å²) in [7, 11) is 0. The van der Waals surface area contributed by atoms with E-state index in [4.69, 9.17) is 26.5 Å². The SMILES string of the molecule is Cc1cc([C@@H](C)Oc2ccc(Cl)nc2C(N)=O)c2oc(-c3cnc4nccn4c3)c(C)c(=O)c2c1. The molecule has 0 spiro atoms. The first-order valence-electron chi connectivity index (χ1n) is 10.7. The minimum atomic E-state index is -0.768. The molecule has 10 heteroatoms. The van der Waals surface area contributed by atoms with Gasteiger partial charge in [-0.25, -0.2) is 15.0 Å². The highest BCUT2D eigenvalue weighted by Gasteiger charge is 2.22. The minimum absolute atomic E-state index is 0.0843. The maximum Gasteiger partial charge on any atom is 0.271 e. The summed E-state index contributed by atoms with van der Waals surface area (Å²) >= 11 is 5.92. The number of hydrogen-bond acceptors (Lipinski definition) is 7. The maximum atomic E-state index is 13.4. The fourth-order valence-corrected chi connectivity index (χ4v) is 4.17. The predicted octanol–water partition coefficient (Wildman–Crippen LogP) is 4.41. The number of fused-ring (bicyclic) bond motifs is 2. The lowest BCUT2D eigenvalue weighted by molar-refractivity contribution is 0.0988. The van der Waals surface area contributed by atoms with Gasteiger partial charge in [0.15, 0.2) is 16.9 Å². The number of rotatable bonds is 5. The minimum Gasteiger partial charge on any atom is -0.483 e. The Bertz CT molecular complexity index is 1690. The molecule has 2 N–H and O–H groups in total. The fourth-order valence-electron chi connectivity index (χ4n) is 4.03. The maximum absolute atomic E-state index is 13.4. The first-order valence-corrected chi connectivity index (χ1v) is 11.1. The molecule has 0 aliphatic rings. The van der Waals surface area contributed by atoms with Gasteiger partial charge in [-0.05, 0) is 50.6 Å². The smallest absolute Gasteiger partial charge is 0.271 e. The normalized spacial score (nSPS) is 12.2. The molecule has 0 saturated carbocycles. The number of aryl methyl sites for hydroxylation is 1. The molecule has 0 fully saturated rings. The Balaban J connectivity index is 1.67. The van der Waals surface area contributed by atoms with Crippen LogP contribution in [0.25, 0.3) is 28.1 Å². The zero-order chi connectivity index (χ0) is 24.9. The van der Waals surface area contributed by atoms with Gasteiger partial charge in [-0.15, -0.1) is 0 Å². The van der Waals surface area contributed by atoms with Crippen LogP contribution in [0.1, 0.15) is 40.2 Å². The summed E-state index contributed by atoms with van der Waals surface area (Å²) in [5.41, 5.74) is 8.16. The summed E-state index contributed by atoms with van der Waals surface area (Å²) in [5, 5.41) is 0.548. The number of carbonyl (C=O) groups is 1. The molecule has 176 valence electrons. The molecular weight excluding hydrogens is 470 g/mol. The first-order chi connectivity index (χ1) is 16.7. The average Bonchev–Trinajstić information content (AvgIpc) is 3.30. The largest absolute Gasteiger partial charge is 0.483 e. The Morgan fingerprint density at radius 1 is 1.23 bits per heavy atom. The van der Waals surface area contributed by atoms with Gasteiger partial charge in [0.2, 0.25) is 5.78 Å². The van der Waals surface area contributed by atoms with Crippen molar-refractivity contribution in [3.05, 3.63) is 86.8 Å². The van der Waals surface area contributed by atoms with E-state index in [1.54, 1.807) is 49.1 Å². The lowest BCUT2D eigenvalue weighted by Crippen LogP contribution is -2.17. The fraction of sp³-hybridized carbons (Fsp3) is 0.160. The van der Waals surface area contributed by atoms with Crippen molar-refractivity contribution in [2.75, 3.05) is 0 Å². The van der Waals surface area contributed by atoms with Crippen LogP contribution in [-0.4, -0.2) is 25.3 Å². The topological polar surface area (TPSA) is 126 Å². The molecule has 4 aromatic heterocycles. The molecular formula is C25H20ClN5O4. The van der Waals surface area contributed by atoms with Gasteiger partial charge in [0, 0.05) is 35.9 Å². The third-order valence-corrected chi connectivity index (χ3v) is 5.91. The van der Waals surface area contributed by atoms with Crippen LogP contribution in [0.3, 0.4) is 0 Å². The molecule has 9 nitrogen and oxygen atoms in total. The number of hydrogen-bond donors (Lipinski definition) is 1. The van der Waals surface area contributed by atoms with Crippen molar-refractivity contribution in [1.29, 1.82) is 0 Å². The third kappa shape index (κ3) is 4.00. The van der Waals surface area contributed by atoms with Crippen LogP contribution in [0, 0.1) is 13.8 Å². The Labute approximate surface area is 204 Å². The van der Waals surface area contributed by atoms with Crippen LogP contribution in [0.5, 0.6) is 5.75 Å². The summed E-state index contributed by atoms with van der Waals surface area (Å²) in [6, 6.07) is 6.69. The van der Waals surface area contributed by atoms with Crippen molar-refractivity contribution in [3.63, 3.8) is 0 Å².